The Morgan fingerprint density at radius 1 is 1.67 bits per heavy atom. The zero-order chi connectivity index (χ0) is 8.55. The summed E-state index contributed by atoms with van der Waals surface area (Å²) in [5.74, 6) is -0.243. The predicted molar refractivity (Wildman–Crippen MR) is 42.8 cm³/mol. The molecule has 4 nitrogen and oxygen atoms in total. The van der Waals surface area contributed by atoms with Gasteiger partial charge in [-0.15, -0.1) is 0 Å². The van der Waals surface area contributed by atoms with Crippen LogP contribution in [0, 0.1) is 0 Å². The molecule has 0 saturated carbocycles. The summed E-state index contributed by atoms with van der Waals surface area (Å²) >= 11 is 0. The molecule has 2 aliphatic rings. The molecular weight excluding hydrogens is 156 g/mol. The minimum absolute atomic E-state index is 0.311. The van der Waals surface area contributed by atoms with Gasteiger partial charge in [0.15, 0.2) is 0 Å². The van der Waals surface area contributed by atoms with Gasteiger partial charge < -0.3 is 15.3 Å². The monoisotopic (exact) mass is 164 g/mol. The van der Waals surface area contributed by atoms with E-state index in [0.717, 1.165) is 6.54 Å². The highest BCUT2D eigenvalue weighted by Crippen LogP contribution is 2.18. The van der Waals surface area contributed by atoms with Gasteiger partial charge >= 0.3 is 5.97 Å². The first-order chi connectivity index (χ1) is 5.79. The summed E-state index contributed by atoms with van der Waals surface area (Å²) in [6.07, 6.45) is 6.99. The molecule has 0 amide bonds. The quantitative estimate of drug-likeness (QED) is 0.582. The lowest BCUT2D eigenvalue weighted by molar-refractivity contribution is -0.132. The summed E-state index contributed by atoms with van der Waals surface area (Å²) < 4.78 is 0. The second kappa shape index (κ2) is 2.41. The second-order valence-electron chi connectivity index (χ2n) is 2.58. The first kappa shape index (κ1) is 6.97. The molecule has 2 rings (SSSR count). The lowest BCUT2D eigenvalue weighted by Crippen LogP contribution is -2.25. The SMILES string of the molecule is O=C(O)C1=C2NC=CN2CC=C1. The van der Waals surface area contributed by atoms with Crippen LogP contribution in [0.2, 0.25) is 0 Å². The van der Waals surface area contributed by atoms with Crippen LogP contribution in [0.1, 0.15) is 0 Å². The van der Waals surface area contributed by atoms with Crippen LogP contribution in [-0.4, -0.2) is 22.5 Å². The third-order valence-electron chi connectivity index (χ3n) is 1.83. The van der Waals surface area contributed by atoms with Gasteiger partial charge in [0.1, 0.15) is 11.4 Å². The third kappa shape index (κ3) is 0.887. The van der Waals surface area contributed by atoms with E-state index in [1.54, 1.807) is 12.3 Å². The van der Waals surface area contributed by atoms with Gasteiger partial charge in [0.25, 0.3) is 0 Å². The fourth-order valence-corrected chi connectivity index (χ4v) is 1.28. The number of aliphatic carboxylic acids is 1. The molecule has 0 aromatic heterocycles. The Balaban J connectivity index is 2.41. The summed E-state index contributed by atoms with van der Waals surface area (Å²) in [7, 11) is 0. The topological polar surface area (TPSA) is 52.6 Å². The number of nitrogens with zero attached hydrogens (tertiary/aromatic N) is 1. The maximum atomic E-state index is 10.7. The normalized spacial score (nSPS) is 19.5. The van der Waals surface area contributed by atoms with Crippen molar-refractivity contribution in [1.82, 2.24) is 10.2 Å². The van der Waals surface area contributed by atoms with Crippen molar-refractivity contribution in [1.29, 1.82) is 0 Å². The fourth-order valence-electron chi connectivity index (χ4n) is 1.28. The molecule has 0 radical (unpaired) electrons. The van der Waals surface area contributed by atoms with Crippen LogP contribution in [0.25, 0.3) is 0 Å². The summed E-state index contributed by atoms with van der Waals surface area (Å²) in [4.78, 5) is 12.5. The number of hydrogen-bond donors (Lipinski definition) is 2. The van der Waals surface area contributed by atoms with Gasteiger partial charge in [0.2, 0.25) is 0 Å². The molecule has 0 aliphatic carbocycles. The summed E-state index contributed by atoms with van der Waals surface area (Å²) in [6, 6.07) is 0. The molecule has 0 aromatic carbocycles. The molecule has 0 unspecified atom stereocenters. The van der Waals surface area contributed by atoms with Crippen molar-refractivity contribution < 1.29 is 9.90 Å². The summed E-state index contributed by atoms with van der Waals surface area (Å²) in [6.45, 7) is 0.732. The molecule has 0 saturated heterocycles. The molecule has 2 N–H and O–H groups in total. The highest BCUT2D eigenvalue weighted by atomic mass is 16.4. The van der Waals surface area contributed by atoms with Gasteiger partial charge in [-0.3, -0.25) is 0 Å². The van der Waals surface area contributed by atoms with E-state index in [-0.39, 0.29) is 0 Å². The number of carboxylic acids is 1. The Morgan fingerprint density at radius 3 is 3.25 bits per heavy atom. The second-order valence-corrected chi connectivity index (χ2v) is 2.58. The molecule has 0 spiro atoms. The first-order valence-corrected chi connectivity index (χ1v) is 3.63. The average Bonchev–Trinajstić information content (AvgIpc) is 2.49. The van der Waals surface area contributed by atoms with Crippen molar-refractivity contribution in [3.63, 3.8) is 0 Å². The van der Waals surface area contributed by atoms with E-state index in [2.05, 4.69) is 5.32 Å². The average molecular weight is 164 g/mol. The van der Waals surface area contributed by atoms with Crippen LogP contribution in [0.3, 0.4) is 0 Å². The van der Waals surface area contributed by atoms with Crippen molar-refractivity contribution in [2.45, 2.75) is 0 Å². The highest BCUT2D eigenvalue weighted by molar-refractivity contribution is 5.91. The molecular formula is C8H8N2O2. The van der Waals surface area contributed by atoms with Crippen LogP contribution in [-0.2, 0) is 4.79 Å². The minimum atomic E-state index is -0.901. The van der Waals surface area contributed by atoms with Crippen LogP contribution in [0.4, 0.5) is 0 Å². The highest BCUT2D eigenvalue weighted by Gasteiger charge is 2.21. The zero-order valence-electron chi connectivity index (χ0n) is 6.32. The largest absolute Gasteiger partial charge is 0.478 e. The maximum Gasteiger partial charge on any atom is 0.339 e. The van der Waals surface area contributed by atoms with E-state index < -0.39 is 5.97 Å². The van der Waals surface area contributed by atoms with E-state index >= 15 is 0 Å². The Morgan fingerprint density at radius 2 is 2.50 bits per heavy atom. The van der Waals surface area contributed by atoms with Crippen LogP contribution >= 0.6 is 0 Å². The first-order valence-electron chi connectivity index (χ1n) is 3.63. The maximum absolute atomic E-state index is 10.7. The lowest BCUT2D eigenvalue weighted by atomic mass is 10.2. The van der Waals surface area contributed by atoms with Gasteiger partial charge in [-0.2, -0.15) is 0 Å². The lowest BCUT2D eigenvalue weighted by Gasteiger charge is -2.20. The molecule has 2 aliphatic heterocycles. The van der Waals surface area contributed by atoms with E-state index in [9.17, 15) is 4.79 Å². The number of nitrogens with one attached hydrogen (secondary N) is 1. The number of carboxylic acid groups (broad SMARTS) is 1. The van der Waals surface area contributed by atoms with Crippen LogP contribution in [0.5, 0.6) is 0 Å². The molecule has 0 atom stereocenters. The number of fused-ring (bicyclic) bond motifs is 1. The summed E-state index contributed by atoms with van der Waals surface area (Å²) in [5, 5.41) is 11.7. The van der Waals surface area contributed by atoms with Crippen LogP contribution in [0.15, 0.2) is 35.9 Å². The Labute approximate surface area is 69.5 Å². The van der Waals surface area contributed by atoms with Crippen molar-refractivity contribution in [3.8, 4) is 0 Å². The predicted octanol–water partition coefficient (Wildman–Crippen LogP) is 0.229. The number of hydrogen-bond acceptors (Lipinski definition) is 3. The van der Waals surface area contributed by atoms with Gasteiger partial charge in [0, 0.05) is 18.9 Å². The molecule has 4 heteroatoms. The molecule has 62 valence electrons. The van der Waals surface area contributed by atoms with E-state index in [4.69, 9.17) is 5.11 Å². The van der Waals surface area contributed by atoms with Gasteiger partial charge in [-0.1, -0.05) is 6.08 Å². The summed E-state index contributed by atoms with van der Waals surface area (Å²) in [5.41, 5.74) is 0.311. The van der Waals surface area contributed by atoms with Crippen molar-refractivity contribution in [3.05, 3.63) is 35.9 Å². The van der Waals surface area contributed by atoms with Crippen LogP contribution < -0.4 is 5.32 Å². The van der Waals surface area contributed by atoms with Gasteiger partial charge in [0.05, 0.1) is 0 Å². The molecule has 0 bridgehead atoms. The molecule has 0 aromatic rings. The van der Waals surface area contributed by atoms with Crippen molar-refractivity contribution in [2.75, 3.05) is 6.54 Å². The third-order valence-corrected chi connectivity index (χ3v) is 1.83. The van der Waals surface area contributed by atoms with Crippen molar-refractivity contribution in [2.24, 2.45) is 0 Å². The molecule has 12 heavy (non-hydrogen) atoms. The van der Waals surface area contributed by atoms with E-state index in [1.807, 2.05) is 17.2 Å². The molecule has 0 fully saturated rings. The Hall–Kier alpha value is -1.71. The van der Waals surface area contributed by atoms with Crippen molar-refractivity contribution >= 4 is 5.97 Å². The Bertz CT molecular complexity index is 315. The number of carbonyl (C=O) groups is 1. The van der Waals surface area contributed by atoms with Gasteiger partial charge in [-0.05, 0) is 6.08 Å². The number of rotatable bonds is 1. The van der Waals surface area contributed by atoms with Gasteiger partial charge in [-0.25, -0.2) is 4.79 Å². The standard InChI is InChI=1S/C8H8N2O2/c11-8(12)6-2-1-4-10-5-3-9-7(6)10/h1-3,5,9H,4H2,(H,11,12). The van der Waals surface area contributed by atoms with E-state index in [1.165, 1.54) is 0 Å². The van der Waals surface area contributed by atoms with E-state index in [0.29, 0.717) is 11.4 Å². The molecule has 2 heterocycles. The minimum Gasteiger partial charge on any atom is -0.478 e. The Kier molecular flexibility index (Phi) is 1.40. The fraction of sp³-hybridized carbons (Fsp3) is 0.125. The zero-order valence-corrected chi connectivity index (χ0v) is 6.32. The smallest absolute Gasteiger partial charge is 0.339 e.